The van der Waals surface area contributed by atoms with Crippen LogP contribution < -0.4 is 10.5 Å². The fraction of sp³-hybridized carbons (Fsp3) is 0. The molecule has 1 aromatic heterocycles. The predicted molar refractivity (Wildman–Crippen MR) is 82.4 cm³/mol. The lowest BCUT2D eigenvalue weighted by Gasteiger charge is -2.09. The van der Waals surface area contributed by atoms with E-state index in [-0.39, 0.29) is 5.88 Å². The highest BCUT2D eigenvalue weighted by molar-refractivity contribution is 6.32. The average Bonchev–Trinajstić information content (AvgIpc) is 2.49. The summed E-state index contributed by atoms with van der Waals surface area (Å²) >= 11 is 6.08. The maximum absolute atomic E-state index is 9.25. The number of pyridine rings is 1. The van der Waals surface area contributed by atoms with Crippen molar-refractivity contribution in [1.29, 1.82) is 5.26 Å². The van der Waals surface area contributed by atoms with Gasteiger partial charge in [-0.2, -0.15) is 5.26 Å². The van der Waals surface area contributed by atoms with Crippen LogP contribution in [-0.4, -0.2) is 4.98 Å². The highest BCUT2D eigenvalue weighted by Gasteiger charge is 2.11. The molecule has 3 aromatic rings. The Bertz CT molecular complexity index is 871. The van der Waals surface area contributed by atoms with E-state index in [1.54, 1.807) is 24.3 Å². The second kappa shape index (κ2) is 5.31. The molecule has 0 atom stereocenters. The second-order valence-electron chi connectivity index (χ2n) is 4.44. The lowest BCUT2D eigenvalue weighted by atomic mass is 10.1. The third-order valence-corrected chi connectivity index (χ3v) is 3.27. The van der Waals surface area contributed by atoms with E-state index in [2.05, 4.69) is 11.1 Å². The Hall–Kier alpha value is -2.77. The van der Waals surface area contributed by atoms with Crippen molar-refractivity contribution < 1.29 is 4.74 Å². The van der Waals surface area contributed by atoms with Gasteiger partial charge in [-0.15, -0.1) is 0 Å². The van der Waals surface area contributed by atoms with Gasteiger partial charge in [0.2, 0.25) is 5.88 Å². The molecule has 0 aliphatic heterocycles. The number of aromatic nitrogens is 1. The first-order valence-electron chi connectivity index (χ1n) is 6.20. The number of rotatable bonds is 2. The van der Waals surface area contributed by atoms with Crippen molar-refractivity contribution in [3.63, 3.8) is 0 Å². The summed E-state index contributed by atoms with van der Waals surface area (Å²) in [4.78, 5) is 4.37. The molecule has 4 nitrogen and oxygen atoms in total. The highest BCUT2D eigenvalue weighted by atomic mass is 35.5. The zero-order chi connectivity index (χ0) is 14.8. The van der Waals surface area contributed by atoms with E-state index >= 15 is 0 Å². The molecule has 2 N–H and O–H groups in total. The largest absolute Gasteiger partial charge is 0.436 e. The molecule has 21 heavy (non-hydrogen) atoms. The van der Waals surface area contributed by atoms with E-state index in [9.17, 15) is 5.26 Å². The third kappa shape index (κ3) is 2.60. The first-order valence-corrected chi connectivity index (χ1v) is 6.58. The molecule has 1 heterocycles. The van der Waals surface area contributed by atoms with Crippen molar-refractivity contribution in [1.82, 2.24) is 4.98 Å². The van der Waals surface area contributed by atoms with E-state index in [4.69, 9.17) is 22.1 Å². The lowest BCUT2D eigenvalue weighted by molar-refractivity contribution is 0.464. The predicted octanol–water partition coefficient (Wildman–Crippen LogP) is 4.13. The van der Waals surface area contributed by atoms with E-state index in [0.29, 0.717) is 22.0 Å². The van der Waals surface area contributed by atoms with E-state index in [1.807, 2.05) is 24.3 Å². The molecular formula is C16H10ClN3O. The van der Waals surface area contributed by atoms with Gasteiger partial charge < -0.3 is 10.5 Å². The highest BCUT2D eigenvalue weighted by Crippen LogP contribution is 2.32. The molecule has 0 saturated heterocycles. The maximum atomic E-state index is 9.25. The number of nitrogen functional groups attached to an aromatic ring is 1. The minimum absolute atomic E-state index is 0.225. The normalized spacial score (nSPS) is 10.3. The molecule has 2 aromatic carbocycles. The minimum Gasteiger partial charge on any atom is -0.436 e. The molecule has 0 saturated carbocycles. The third-order valence-electron chi connectivity index (χ3n) is 2.97. The lowest BCUT2D eigenvalue weighted by Crippen LogP contribution is -1.94. The van der Waals surface area contributed by atoms with Crippen LogP contribution in [0.5, 0.6) is 11.6 Å². The van der Waals surface area contributed by atoms with Crippen LogP contribution >= 0.6 is 11.6 Å². The first-order chi connectivity index (χ1) is 10.2. The molecule has 0 unspecified atom stereocenters. The fourth-order valence-corrected chi connectivity index (χ4v) is 2.19. The SMILES string of the molecule is N#Cc1cc2ccccc2nc1Oc1ccc(N)cc1Cl. The Morgan fingerprint density at radius 3 is 2.71 bits per heavy atom. The molecule has 0 radical (unpaired) electrons. The monoisotopic (exact) mass is 295 g/mol. The van der Waals surface area contributed by atoms with Crippen molar-refractivity contribution in [2.45, 2.75) is 0 Å². The Labute approximate surface area is 126 Å². The summed E-state index contributed by atoms with van der Waals surface area (Å²) in [5.74, 6) is 0.632. The number of nitrogens with zero attached hydrogens (tertiary/aromatic N) is 2. The topological polar surface area (TPSA) is 71.9 Å². The van der Waals surface area contributed by atoms with Gasteiger partial charge in [0.25, 0.3) is 0 Å². The van der Waals surface area contributed by atoms with Gasteiger partial charge in [-0.3, -0.25) is 0 Å². The molecule has 0 bridgehead atoms. The minimum atomic E-state index is 0.225. The maximum Gasteiger partial charge on any atom is 0.237 e. The number of anilines is 1. The fourth-order valence-electron chi connectivity index (χ4n) is 1.96. The molecule has 0 amide bonds. The van der Waals surface area contributed by atoms with Gasteiger partial charge in [-0.05, 0) is 30.3 Å². The number of fused-ring (bicyclic) bond motifs is 1. The summed E-state index contributed by atoms with van der Waals surface area (Å²) in [6.07, 6.45) is 0. The standard InChI is InChI=1S/C16H10ClN3O/c17-13-8-12(19)5-6-15(13)21-16-11(9-18)7-10-3-1-2-4-14(10)20-16/h1-8H,19H2. The summed E-state index contributed by atoms with van der Waals surface area (Å²) in [7, 11) is 0. The van der Waals surface area contributed by atoms with E-state index < -0.39 is 0 Å². The van der Waals surface area contributed by atoms with Crippen LogP contribution in [0.1, 0.15) is 5.56 Å². The van der Waals surface area contributed by atoms with Gasteiger partial charge in [-0.25, -0.2) is 4.98 Å². The van der Waals surface area contributed by atoms with Crippen LogP contribution in [0.15, 0.2) is 48.5 Å². The van der Waals surface area contributed by atoms with E-state index in [1.165, 1.54) is 0 Å². The molecule has 0 fully saturated rings. The van der Waals surface area contributed by atoms with E-state index in [0.717, 1.165) is 10.9 Å². The Balaban J connectivity index is 2.09. The molecule has 0 aliphatic carbocycles. The molecular weight excluding hydrogens is 286 g/mol. The Morgan fingerprint density at radius 1 is 1.14 bits per heavy atom. The number of nitrogens with two attached hydrogens (primary N) is 1. The smallest absolute Gasteiger partial charge is 0.237 e. The van der Waals surface area contributed by atoms with Gasteiger partial charge in [0.1, 0.15) is 17.4 Å². The van der Waals surface area contributed by atoms with Crippen molar-refractivity contribution in [3.8, 4) is 17.7 Å². The van der Waals surface area contributed by atoms with Crippen LogP contribution in [0.3, 0.4) is 0 Å². The van der Waals surface area contributed by atoms with Crippen molar-refractivity contribution in [2.75, 3.05) is 5.73 Å². The van der Waals surface area contributed by atoms with Crippen LogP contribution in [0.2, 0.25) is 5.02 Å². The van der Waals surface area contributed by atoms with Gasteiger partial charge in [-0.1, -0.05) is 29.8 Å². The molecule has 3 rings (SSSR count). The number of para-hydroxylation sites is 1. The van der Waals surface area contributed by atoms with Crippen LogP contribution in [0.25, 0.3) is 10.9 Å². The van der Waals surface area contributed by atoms with Gasteiger partial charge >= 0.3 is 0 Å². The summed E-state index contributed by atoms with van der Waals surface area (Å²) < 4.78 is 5.67. The molecule has 5 heteroatoms. The van der Waals surface area contributed by atoms with Crippen LogP contribution in [0, 0.1) is 11.3 Å². The number of halogens is 1. The summed E-state index contributed by atoms with van der Waals surface area (Å²) in [6, 6.07) is 16.2. The first kappa shape index (κ1) is 13.2. The number of benzene rings is 2. The average molecular weight is 296 g/mol. The Morgan fingerprint density at radius 2 is 1.95 bits per heavy atom. The van der Waals surface area contributed by atoms with Gasteiger partial charge in [0.05, 0.1) is 10.5 Å². The van der Waals surface area contributed by atoms with Gasteiger partial charge in [0.15, 0.2) is 0 Å². The van der Waals surface area contributed by atoms with Crippen molar-refractivity contribution >= 4 is 28.2 Å². The molecule has 102 valence electrons. The number of ether oxygens (including phenoxy) is 1. The Kier molecular flexibility index (Phi) is 3.35. The van der Waals surface area contributed by atoms with Crippen molar-refractivity contribution in [2.24, 2.45) is 0 Å². The zero-order valence-electron chi connectivity index (χ0n) is 10.9. The molecule has 0 aliphatic rings. The van der Waals surface area contributed by atoms with Crippen LogP contribution in [0.4, 0.5) is 5.69 Å². The molecule has 0 spiro atoms. The zero-order valence-corrected chi connectivity index (χ0v) is 11.6. The quantitative estimate of drug-likeness (QED) is 0.721. The summed E-state index contributed by atoms with van der Waals surface area (Å²) in [5.41, 5.74) is 7.28. The summed E-state index contributed by atoms with van der Waals surface area (Å²) in [6.45, 7) is 0. The number of hydrogen-bond acceptors (Lipinski definition) is 4. The van der Waals surface area contributed by atoms with Crippen molar-refractivity contribution in [3.05, 3.63) is 59.1 Å². The summed E-state index contributed by atoms with van der Waals surface area (Å²) in [5, 5.41) is 10.5. The number of nitriles is 1. The van der Waals surface area contributed by atoms with Gasteiger partial charge in [0, 0.05) is 11.1 Å². The number of hydrogen-bond donors (Lipinski definition) is 1. The van der Waals surface area contributed by atoms with Crippen LogP contribution in [-0.2, 0) is 0 Å². The second-order valence-corrected chi connectivity index (χ2v) is 4.84.